The Kier molecular flexibility index (Phi) is 3.33. The SMILES string of the molecule is NC(=O)N(c1ccc(Cl)c(S(N)(=O)=O)c1O)C1CC1. The Bertz CT molecular complexity index is 642. The van der Waals surface area contributed by atoms with E-state index < -0.39 is 26.7 Å². The van der Waals surface area contributed by atoms with Crippen LogP contribution >= 0.6 is 11.6 Å². The van der Waals surface area contributed by atoms with Crippen LogP contribution in [0.2, 0.25) is 5.02 Å². The normalized spacial score (nSPS) is 15.3. The van der Waals surface area contributed by atoms with E-state index in [4.69, 9.17) is 22.5 Å². The molecule has 0 unspecified atom stereocenters. The number of halogens is 1. The van der Waals surface area contributed by atoms with Crippen molar-refractivity contribution in [3.8, 4) is 5.75 Å². The fourth-order valence-electron chi connectivity index (χ4n) is 1.83. The van der Waals surface area contributed by atoms with Gasteiger partial charge >= 0.3 is 6.03 Å². The van der Waals surface area contributed by atoms with Gasteiger partial charge in [-0.15, -0.1) is 0 Å². The number of anilines is 1. The van der Waals surface area contributed by atoms with E-state index in [1.807, 2.05) is 0 Å². The summed E-state index contributed by atoms with van der Waals surface area (Å²) in [5, 5.41) is 14.8. The topological polar surface area (TPSA) is 127 Å². The van der Waals surface area contributed by atoms with Gasteiger partial charge in [0.1, 0.15) is 4.90 Å². The number of aromatic hydroxyl groups is 1. The Morgan fingerprint density at radius 3 is 2.42 bits per heavy atom. The van der Waals surface area contributed by atoms with Gasteiger partial charge in [-0.25, -0.2) is 18.4 Å². The van der Waals surface area contributed by atoms with Crippen molar-refractivity contribution in [2.24, 2.45) is 10.9 Å². The Morgan fingerprint density at radius 1 is 1.42 bits per heavy atom. The molecule has 0 aromatic heterocycles. The largest absolute Gasteiger partial charge is 0.504 e. The molecule has 1 aliphatic carbocycles. The Labute approximate surface area is 114 Å². The van der Waals surface area contributed by atoms with Crippen LogP contribution in [-0.2, 0) is 10.0 Å². The third-order valence-electron chi connectivity index (χ3n) is 2.76. The number of hydrogen-bond acceptors (Lipinski definition) is 4. The average molecular weight is 306 g/mol. The molecule has 5 N–H and O–H groups in total. The number of urea groups is 1. The van der Waals surface area contributed by atoms with E-state index in [0.29, 0.717) is 0 Å². The summed E-state index contributed by atoms with van der Waals surface area (Å²) in [5.74, 6) is -0.666. The predicted molar refractivity (Wildman–Crippen MR) is 69.6 cm³/mol. The summed E-state index contributed by atoms with van der Waals surface area (Å²) in [4.78, 5) is 11.9. The molecule has 0 heterocycles. The molecule has 1 aromatic rings. The first-order valence-corrected chi connectivity index (χ1v) is 7.29. The predicted octanol–water partition coefficient (Wildman–Crippen LogP) is 0.741. The van der Waals surface area contributed by atoms with Crippen LogP contribution in [0.4, 0.5) is 10.5 Å². The average Bonchev–Trinajstić information content (AvgIpc) is 3.03. The van der Waals surface area contributed by atoms with E-state index in [9.17, 15) is 18.3 Å². The maximum absolute atomic E-state index is 11.4. The summed E-state index contributed by atoms with van der Waals surface area (Å²) in [6, 6.07) is 1.66. The van der Waals surface area contributed by atoms with Crippen molar-refractivity contribution in [3.63, 3.8) is 0 Å². The summed E-state index contributed by atoms with van der Waals surface area (Å²) in [5.41, 5.74) is 5.23. The molecular formula is C10H12ClN3O4S. The number of amides is 2. The number of hydrogen-bond donors (Lipinski definition) is 3. The van der Waals surface area contributed by atoms with Gasteiger partial charge in [-0.2, -0.15) is 0 Å². The second-order valence-electron chi connectivity index (χ2n) is 4.23. The third-order valence-corrected chi connectivity index (χ3v) is 4.16. The number of primary sulfonamides is 1. The van der Waals surface area contributed by atoms with Crippen LogP contribution < -0.4 is 15.8 Å². The van der Waals surface area contributed by atoms with Crippen molar-refractivity contribution in [2.75, 3.05) is 4.90 Å². The van der Waals surface area contributed by atoms with Gasteiger partial charge in [0, 0.05) is 6.04 Å². The molecule has 9 heteroatoms. The quantitative estimate of drug-likeness (QED) is 0.761. The van der Waals surface area contributed by atoms with Gasteiger partial charge in [-0.3, -0.25) is 4.90 Å². The minimum atomic E-state index is -4.21. The molecule has 0 atom stereocenters. The molecule has 1 aromatic carbocycles. The first kappa shape index (κ1) is 13.9. The van der Waals surface area contributed by atoms with Crippen LogP contribution in [0.25, 0.3) is 0 Å². The zero-order valence-electron chi connectivity index (χ0n) is 9.71. The van der Waals surface area contributed by atoms with Gasteiger partial charge in [0.05, 0.1) is 10.7 Å². The summed E-state index contributed by atoms with van der Waals surface area (Å²) < 4.78 is 22.8. The molecule has 0 radical (unpaired) electrons. The molecule has 1 saturated carbocycles. The highest BCUT2D eigenvalue weighted by Gasteiger charge is 2.35. The zero-order valence-corrected chi connectivity index (χ0v) is 11.3. The second kappa shape index (κ2) is 4.55. The van der Waals surface area contributed by atoms with Gasteiger partial charge in [0.15, 0.2) is 5.75 Å². The molecule has 2 amide bonds. The first-order chi connectivity index (χ1) is 8.73. The first-order valence-electron chi connectivity index (χ1n) is 5.36. The smallest absolute Gasteiger partial charge is 0.319 e. The van der Waals surface area contributed by atoms with Gasteiger partial charge in [-0.1, -0.05) is 11.6 Å². The number of phenols is 1. The lowest BCUT2D eigenvalue weighted by molar-refractivity contribution is 0.253. The highest BCUT2D eigenvalue weighted by atomic mass is 35.5. The van der Waals surface area contributed by atoms with Crippen molar-refractivity contribution in [2.45, 2.75) is 23.8 Å². The molecule has 0 aliphatic heterocycles. The van der Waals surface area contributed by atoms with E-state index >= 15 is 0 Å². The number of carbonyl (C=O) groups excluding carboxylic acids is 1. The van der Waals surface area contributed by atoms with E-state index in [1.54, 1.807) is 0 Å². The zero-order chi connectivity index (χ0) is 14.4. The summed E-state index contributed by atoms with van der Waals surface area (Å²) in [6.45, 7) is 0. The van der Waals surface area contributed by atoms with Gasteiger partial charge in [0.25, 0.3) is 0 Å². The van der Waals surface area contributed by atoms with Crippen molar-refractivity contribution >= 4 is 33.3 Å². The number of rotatable bonds is 3. The van der Waals surface area contributed by atoms with Gasteiger partial charge < -0.3 is 10.8 Å². The number of primary amides is 1. The van der Waals surface area contributed by atoms with E-state index in [0.717, 1.165) is 17.7 Å². The van der Waals surface area contributed by atoms with Crippen LogP contribution in [0.3, 0.4) is 0 Å². The lowest BCUT2D eigenvalue weighted by atomic mass is 10.2. The standard InChI is InChI=1S/C10H12ClN3O4S/c11-6-3-4-7(8(15)9(6)19(13,17)18)14(10(12)16)5-1-2-5/h3-5,15H,1-2H2,(H2,12,16)(H2,13,17,18). The number of nitrogens with zero attached hydrogens (tertiary/aromatic N) is 1. The van der Waals surface area contributed by atoms with Crippen LogP contribution in [0.5, 0.6) is 5.75 Å². The molecule has 1 aliphatic rings. The lowest BCUT2D eigenvalue weighted by Gasteiger charge is -2.22. The van der Waals surface area contributed by atoms with Gasteiger partial charge in [-0.05, 0) is 25.0 Å². The van der Waals surface area contributed by atoms with Gasteiger partial charge in [0.2, 0.25) is 10.0 Å². The molecule has 19 heavy (non-hydrogen) atoms. The number of carbonyl (C=O) groups is 1. The molecular weight excluding hydrogens is 294 g/mol. The minimum Gasteiger partial charge on any atom is -0.504 e. The Balaban J connectivity index is 2.62. The van der Waals surface area contributed by atoms with Crippen LogP contribution in [0.1, 0.15) is 12.8 Å². The van der Waals surface area contributed by atoms with Crippen molar-refractivity contribution in [3.05, 3.63) is 17.2 Å². The number of phenolic OH excluding ortho intramolecular Hbond substituents is 1. The Hall–Kier alpha value is -1.51. The third kappa shape index (κ3) is 2.60. The van der Waals surface area contributed by atoms with Crippen LogP contribution in [-0.4, -0.2) is 25.6 Å². The fraction of sp³-hybridized carbons (Fsp3) is 0.300. The summed E-state index contributed by atoms with van der Waals surface area (Å²) in [7, 11) is -4.21. The summed E-state index contributed by atoms with van der Waals surface area (Å²) in [6.07, 6.45) is 1.46. The highest BCUT2D eigenvalue weighted by molar-refractivity contribution is 7.89. The van der Waals surface area contributed by atoms with E-state index in [-0.39, 0.29) is 16.8 Å². The van der Waals surface area contributed by atoms with Crippen molar-refractivity contribution in [1.82, 2.24) is 0 Å². The molecule has 0 bridgehead atoms. The summed E-state index contributed by atoms with van der Waals surface area (Å²) >= 11 is 5.71. The van der Waals surface area contributed by atoms with Crippen molar-refractivity contribution in [1.29, 1.82) is 0 Å². The van der Waals surface area contributed by atoms with Crippen LogP contribution in [0.15, 0.2) is 17.0 Å². The van der Waals surface area contributed by atoms with E-state index in [1.165, 1.54) is 12.1 Å². The minimum absolute atomic E-state index is 0.0107. The molecule has 7 nitrogen and oxygen atoms in total. The Morgan fingerprint density at radius 2 is 2.00 bits per heavy atom. The van der Waals surface area contributed by atoms with Crippen molar-refractivity contribution < 1.29 is 18.3 Å². The molecule has 0 spiro atoms. The fourth-order valence-corrected chi connectivity index (χ4v) is 3.02. The number of nitrogens with two attached hydrogens (primary N) is 2. The van der Waals surface area contributed by atoms with E-state index in [2.05, 4.69) is 0 Å². The highest BCUT2D eigenvalue weighted by Crippen LogP contribution is 2.42. The number of benzene rings is 1. The lowest BCUT2D eigenvalue weighted by Crippen LogP contribution is -2.37. The maximum Gasteiger partial charge on any atom is 0.319 e. The maximum atomic E-state index is 11.4. The second-order valence-corrected chi connectivity index (χ2v) is 6.13. The monoisotopic (exact) mass is 305 g/mol. The molecule has 104 valence electrons. The molecule has 2 rings (SSSR count). The molecule has 0 saturated heterocycles. The number of sulfonamides is 1. The van der Waals surface area contributed by atoms with Crippen LogP contribution in [0, 0.1) is 0 Å². The molecule has 1 fully saturated rings.